The maximum Gasteiger partial charge on any atom is 0.0447 e. The number of halogens is 1. The highest BCUT2D eigenvalue weighted by atomic mass is 79.9. The fraction of sp³-hybridized carbons (Fsp3) is 0.222. The lowest BCUT2D eigenvalue weighted by Gasteiger charge is -2.09. The summed E-state index contributed by atoms with van der Waals surface area (Å²) < 4.78 is 0. The van der Waals surface area contributed by atoms with Crippen LogP contribution in [0.2, 0.25) is 0 Å². The van der Waals surface area contributed by atoms with Gasteiger partial charge in [-0.05, 0) is 5.56 Å². The minimum absolute atomic E-state index is 0.00398. The van der Waals surface area contributed by atoms with E-state index in [2.05, 4.69) is 15.9 Å². The highest BCUT2D eigenvalue weighted by Gasteiger charge is 2.05. The van der Waals surface area contributed by atoms with Gasteiger partial charge in [0, 0.05) is 17.2 Å². The van der Waals surface area contributed by atoms with Gasteiger partial charge in [-0.25, -0.2) is 0 Å². The Balaban J connectivity index is 2.65. The van der Waals surface area contributed by atoms with Gasteiger partial charge in [-0.2, -0.15) is 0 Å². The Morgan fingerprint density at radius 1 is 1.42 bits per heavy atom. The molecule has 0 heterocycles. The van der Waals surface area contributed by atoms with E-state index in [0.717, 1.165) is 5.56 Å². The van der Waals surface area contributed by atoms with Crippen LogP contribution in [-0.4, -0.2) is 5.97 Å². The monoisotopic (exact) mass is 227 g/mol. The summed E-state index contributed by atoms with van der Waals surface area (Å²) in [5.74, 6) is -1.04. The zero-order valence-corrected chi connectivity index (χ0v) is 7.95. The smallest absolute Gasteiger partial charge is 0.0447 e. The van der Waals surface area contributed by atoms with E-state index in [4.69, 9.17) is 0 Å². The van der Waals surface area contributed by atoms with Crippen molar-refractivity contribution in [3.05, 3.63) is 35.9 Å². The van der Waals surface area contributed by atoms with Crippen molar-refractivity contribution in [1.82, 2.24) is 0 Å². The number of alkyl halides is 1. The lowest BCUT2D eigenvalue weighted by molar-refractivity contribution is -0.305. The highest BCUT2D eigenvalue weighted by Crippen LogP contribution is 2.25. The maximum absolute atomic E-state index is 10.2. The second-order valence-electron chi connectivity index (χ2n) is 2.45. The molecular formula is C9H8BrO2-. The van der Waals surface area contributed by atoms with Crippen molar-refractivity contribution >= 4 is 21.9 Å². The first-order chi connectivity index (χ1) is 5.70. The number of carbonyl (C=O) groups excluding carboxylic acids is 1. The lowest BCUT2D eigenvalue weighted by Crippen LogP contribution is -2.23. The van der Waals surface area contributed by atoms with Crippen molar-refractivity contribution in [1.29, 1.82) is 0 Å². The van der Waals surface area contributed by atoms with Gasteiger partial charge in [0.25, 0.3) is 0 Å². The molecule has 12 heavy (non-hydrogen) atoms. The first-order valence-corrected chi connectivity index (χ1v) is 4.50. The van der Waals surface area contributed by atoms with Crippen molar-refractivity contribution in [2.75, 3.05) is 0 Å². The third-order valence-electron chi connectivity index (χ3n) is 1.51. The van der Waals surface area contributed by atoms with Gasteiger partial charge in [0.05, 0.1) is 0 Å². The van der Waals surface area contributed by atoms with Crippen molar-refractivity contribution in [3.63, 3.8) is 0 Å². The van der Waals surface area contributed by atoms with E-state index in [9.17, 15) is 9.90 Å². The molecule has 0 amide bonds. The van der Waals surface area contributed by atoms with Crippen LogP contribution >= 0.6 is 15.9 Å². The van der Waals surface area contributed by atoms with Crippen LogP contribution in [0.15, 0.2) is 30.3 Å². The Morgan fingerprint density at radius 2 is 2.00 bits per heavy atom. The molecule has 0 aliphatic carbocycles. The van der Waals surface area contributed by atoms with Gasteiger partial charge in [0.1, 0.15) is 0 Å². The van der Waals surface area contributed by atoms with Crippen LogP contribution < -0.4 is 5.11 Å². The second-order valence-corrected chi connectivity index (χ2v) is 3.56. The highest BCUT2D eigenvalue weighted by molar-refractivity contribution is 9.09. The van der Waals surface area contributed by atoms with Crippen molar-refractivity contribution in [2.45, 2.75) is 11.2 Å². The van der Waals surface area contributed by atoms with E-state index in [1.165, 1.54) is 0 Å². The molecule has 0 saturated carbocycles. The van der Waals surface area contributed by atoms with Gasteiger partial charge < -0.3 is 9.90 Å². The summed E-state index contributed by atoms with van der Waals surface area (Å²) in [6, 6.07) is 9.39. The zero-order chi connectivity index (χ0) is 8.97. The van der Waals surface area contributed by atoms with E-state index in [0.29, 0.717) is 0 Å². The number of aliphatic carboxylic acids is 1. The average Bonchev–Trinajstić information content (AvgIpc) is 2.05. The number of benzene rings is 1. The molecule has 1 aromatic carbocycles. The van der Waals surface area contributed by atoms with E-state index in [-0.39, 0.29) is 11.2 Å². The largest absolute Gasteiger partial charge is 0.550 e. The Hall–Kier alpha value is -0.830. The van der Waals surface area contributed by atoms with Gasteiger partial charge in [0.2, 0.25) is 0 Å². The van der Waals surface area contributed by atoms with E-state index >= 15 is 0 Å². The Kier molecular flexibility index (Phi) is 3.29. The van der Waals surface area contributed by atoms with Crippen molar-refractivity contribution in [3.8, 4) is 0 Å². The van der Waals surface area contributed by atoms with Crippen molar-refractivity contribution < 1.29 is 9.90 Å². The molecule has 0 aliphatic heterocycles. The number of hydrogen-bond acceptors (Lipinski definition) is 2. The summed E-state index contributed by atoms with van der Waals surface area (Å²) in [7, 11) is 0. The summed E-state index contributed by atoms with van der Waals surface area (Å²) in [5.41, 5.74) is 0.960. The molecule has 0 saturated heterocycles. The van der Waals surface area contributed by atoms with Crippen LogP contribution in [0.3, 0.4) is 0 Å². The minimum Gasteiger partial charge on any atom is -0.550 e. The SMILES string of the molecule is O=C([O-])C[C@H](Br)c1ccccc1. The normalized spacial score (nSPS) is 12.4. The summed E-state index contributed by atoms with van der Waals surface area (Å²) in [4.78, 5) is 10.1. The lowest BCUT2D eigenvalue weighted by atomic mass is 10.1. The molecule has 0 radical (unpaired) electrons. The third kappa shape index (κ3) is 2.66. The first kappa shape index (κ1) is 9.26. The summed E-state index contributed by atoms with van der Waals surface area (Å²) in [5, 5.41) is 10.2. The van der Waals surface area contributed by atoms with Crippen LogP contribution in [0, 0.1) is 0 Å². The molecule has 1 aromatic rings. The van der Waals surface area contributed by atoms with E-state index < -0.39 is 5.97 Å². The molecular weight excluding hydrogens is 220 g/mol. The molecule has 1 atom stereocenters. The molecule has 3 heteroatoms. The Labute approximate surface area is 79.3 Å². The topological polar surface area (TPSA) is 40.1 Å². The fourth-order valence-corrected chi connectivity index (χ4v) is 1.50. The first-order valence-electron chi connectivity index (χ1n) is 3.59. The summed E-state index contributed by atoms with van der Waals surface area (Å²) in [6.45, 7) is 0. The summed E-state index contributed by atoms with van der Waals surface area (Å²) in [6.07, 6.45) is 0.00398. The summed E-state index contributed by atoms with van der Waals surface area (Å²) >= 11 is 3.27. The zero-order valence-electron chi connectivity index (χ0n) is 6.37. The molecule has 2 nitrogen and oxygen atoms in total. The third-order valence-corrected chi connectivity index (χ3v) is 2.36. The van der Waals surface area contributed by atoms with Crippen LogP contribution in [-0.2, 0) is 4.79 Å². The Morgan fingerprint density at radius 3 is 2.50 bits per heavy atom. The molecule has 0 unspecified atom stereocenters. The number of carboxylic acid groups (broad SMARTS) is 1. The Bertz CT molecular complexity index is 258. The number of rotatable bonds is 3. The van der Waals surface area contributed by atoms with Crippen LogP contribution in [0.4, 0.5) is 0 Å². The standard InChI is InChI=1S/C9H9BrO2/c10-8(6-9(11)12)7-4-2-1-3-5-7/h1-5,8H,6H2,(H,11,12)/p-1/t8-/m0/s1. The molecule has 0 fully saturated rings. The molecule has 0 spiro atoms. The van der Waals surface area contributed by atoms with E-state index in [1.54, 1.807) is 0 Å². The predicted molar refractivity (Wildman–Crippen MR) is 47.7 cm³/mol. The van der Waals surface area contributed by atoms with Gasteiger partial charge in [-0.3, -0.25) is 0 Å². The molecule has 0 aliphatic rings. The maximum atomic E-state index is 10.2. The second kappa shape index (κ2) is 4.26. The van der Waals surface area contributed by atoms with E-state index in [1.807, 2.05) is 30.3 Å². The number of hydrogen-bond donors (Lipinski definition) is 0. The van der Waals surface area contributed by atoms with Gasteiger partial charge in [-0.1, -0.05) is 46.3 Å². The predicted octanol–water partition coefficient (Wildman–Crippen LogP) is 1.26. The quantitative estimate of drug-likeness (QED) is 0.730. The van der Waals surface area contributed by atoms with Gasteiger partial charge >= 0.3 is 0 Å². The average molecular weight is 228 g/mol. The van der Waals surface area contributed by atoms with Gasteiger partial charge in [0.15, 0.2) is 0 Å². The molecule has 0 aromatic heterocycles. The van der Waals surface area contributed by atoms with Crippen LogP contribution in [0.25, 0.3) is 0 Å². The van der Waals surface area contributed by atoms with Crippen LogP contribution in [0.1, 0.15) is 16.8 Å². The number of carbonyl (C=O) groups is 1. The van der Waals surface area contributed by atoms with Gasteiger partial charge in [-0.15, -0.1) is 0 Å². The molecule has 0 bridgehead atoms. The van der Waals surface area contributed by atoms with Crippen molar-refractivity contribution in [2.24, 2.45) is 0 Å². The van der Waals surface area contributed by atoms with Crippen LogP contribution in [0.5, 0.6) is 0 Å². The fourth-order valence-electron chi connectivity index (χ4n) is 0.926. The molecule has 0 N–H and O–H groups in total. The minimum atomic E-state index is -1.04. The molecule has 64 valence electrons. The number of carboxylic acids is 1. The molecule has 1 rings (SSSR count).